The molecule has 0 aliphatic carbocycles. The number of benzene rings is 1. The van der Waals surface area contributed by atoms with Crippen molar-refractivity contribution in [3.63, 3.8) is 0 Å². The van der Waals surface area contributed by atoms with Crippen LogP contribution in [0.5, 0.6) is 11.6 Å². The van der Waals surface area contributed by atoms with E-state index >= 15 is 0 Å². The van der Waals surface area contributed by atoms with E-state index in [1.54, 1.807) is 6.20 Å². The number of pyridine rings is 1. The standard InChI is InChI=1S/C17H21ClN2O/c1-4-9-19-13(3)15-6-5-10-20-17(15)21-16-8-7-14(18)11-12(16)2/h5-8,10-11,13,19H,4,9H2,1-3H3. The Morgan fingerprint density at radius 3 is 2.86 bits per heavy atom. The summed E-state index contributed by atoms with van der Waals surface area (Å²) in [6, 6.07) is 9.76. The monoisotopic (exact) mass is 304 g/mol. The van der Waals surface area contributed by atoms with E-state index in [0.717, 1.165) is 29.8 Å². The molecule has 0 radical (unpaired) electrons. The Kier molecular flexibility index (Phi) is 5.59. The van der Waals surface area contributed by atoms with Gasteiger partial charge in [0.15, 0.2) is 0 Å². The molecule has 1 N–H and O–H groups in total. The summed E-state index contributed by atoms with van der Waals surface area (Å²) in [5.74, 6) is 1.42. The zero-order valence-corrected chi connectivity index (χ0v) is 13.4. The fraction of sp³-hybridized carbons (Fsp3) is 0.353. The first-order chi connectivity index (χ1) is 10.1. The largest absolute Gasteiger partial charge is 0.438 e. The van der Waals surface area contributed by atoms with Crippen molar-refractivity contribution in [3.8, 4) is 11.6 Å². The lowest BCUT2D eigenvalue weighted by Gasteiger charge is -2.17. The molecule has 0 fully saturated rings. The predicted octanol–water partition coefficient (Wildman–Crippen LogP) is 4.90. The summed E-state index contributed by atoms with van der Waals surface area (Å²) in [7, 11) is 0. The molecule has 0 aliphatic rings. The molecule has 1 aromatic carbocycles. The van der Waals surface area contributed by atoms with Gasteiger partial charge in [0.1, 0.15) is 5.75 Å². The SMILES string of the molecule is CCCNC(C)c1cccnc1Oc1ccc(Cl)cc1C. The van der Waals surface area contributed by atoms with Crippen LogP contribution in [0.2, 0.25) is 5.02 Å². The Hall–Kier alpha value is -1.58. The minimum Gasteiger partial charge on any atom is -0.438 e. The first kappa shape index (κ1) is 15.8. The van der Waals surface area contributed by atoms with Gasteiger partial charge in [-0.3, -0.25) is 0 Å². The molecular weight excluding hydrogens is 284 g/mol. The van der Waals surface area contributed by atoms with Crippen molar-refractivity contribution in [2.24, 2.45) is 0 Å². The van der Waals surface area contributed by atoms with Crippen LogP contribution in [0.15, 0.2) is 36.5 Å². The molecule has 0 saturated heterocycles. The molecule has 1 unspecified atom stereocenters. The van der Waals surface area contributed by atoms with Gasteiger partial charge in [-0.25, -0.2) is 4.98 Å². The number of ether oxygens (including phenoxy) is 1. The summed E-state index contributed by atoms with van der Waals surface area (Å²) < 4.78 is 5.99. The highest BCUT2D eigenvalue weighted by molar-refractivity contribution is 6.30. The van der Waals surface area contributed by atoms with Gasteiger partial charge < -0.3 is 10.1 Å². The third kappa shape index (κ3) is 4.19. The molecule has 21 heavy (non-hydrogen) atoms. The minimum absolute atomic E-state index is 0.196. The van der Waals surface area contributed by atoms with Gasteiger partial charge in [0.2, 0.25) is 5.88 Å². The summed E-state index contributed by atoms with van der Waals surface area (Å²) in [5.41, 5.74) is 2.05. The number of nitrogens with zero attached hydrogens (tertiary/aromatic N) is 1. The molecule has 0 saturated carbocycles. The molecule has 4 heteroatoms. The van der Waals surface area contributed by atoms with Crippen molar-refractivity contribution in [1.82, 2.24) is 10.3 Å². The van der Waals surface area contributed by atoms with E-state index in [2.05, 4.69) is 24.1 Å². The predicted molar refractivity (Wildman–Crippen MR) is 87.2 cm³/mol. The average Bonchev–Trinajstić information content (AvgIpc) is 2.48. The lowest BCUT2D eigenvalue weighted by Crippen LogP contribution is -2.20. The molecule has 0 spiro atoms. The highest BCUT2D eigenvalue weighted by Crippen LogP contribution is 2.30. The van der Waals surface area contributed by atoms with E-state index in [1.807, 2.05) is 37.3 Å². The Bertz CT molecular complexity index is 601. The number of hydrogen-bond donors (Lipinski definition) is 1. The second-order valence-electron chi connectivity index (χ2n) is 5.09. The smallest absolute Gasteiger partial charge is 0.223 e. The fourth-order valence-electron chi connectivity index (χ4n) is 2.12. The van der Waals surface area contributed by atoms with Crippen LogP contribution in [-0.4, -0.2) is 11.5 Å². The molecule has 0 amide bonds. The molecule has 0 bridgehead atoms. The average molecular weight is 305 g/mol. The Balaban J connectivity index is 2.23. The van der Waals surface area contributed by atoms with Crippen LogP contribution in [-0.2, 0) is 0 Å². The summed E-state index contributed by atoms with van der Waals surface area (Å²) in [4.78, 5) is 4.37. The number of halogens is 1. The van der Waals surface area contributed by atoms with Crippen molar-refractivity contribution in [1.29, 1.82) is 0 Å². The fourth-order valence-corrected chi connectivity index (χ4v) is 2.35. The van der Waals surface area contributed by atoms with E-state index in [4.69, 9.17) is 16.3 Å². The van der Waals surface area contributed by atoms with Crippen LogP contribution in [0, 0.1) is 6.92 Å². The van der Waals surface area contributed by atoms with Crippen molar-refractivity contribution in [2.45, 2.75) is 33.2 Å². The highest BCUT2D eigenvalue weighted by atomic mass is 35.5. The Labute approximate surface area is 131 Å². The molecule has 2 aromatic rings. The van der Waals surface area contributed by atoms with Gasteiger partial charge in [-0.05, 0) is 56.6 Å². The summed E-state index contributed by atoms with van der Waals surface area (Å²) in [6.45, 7) is 7.21. The topological polar surface area (TPSA) is 34.2 Å². The molecule has 112 valence electrons. The van der Waals surface area contributed by atoms with Gasteiger partial charge in [-0.15, -0.1) is 0 Å². The van der Waals surface area contributed by atoms with E-state index in [1.165, 1.54) is 0 Å². The second-order valence-corrected chi connectivity index (χ2v) is 5.52. The van der Waals surface area contributed by atoms with Crippen LogP contribution >= 0.6 is 11.6 Å². The van der Waals surface area contributed by atoms with Crippen molar-refractivity contribution in [2.75, 3.05) is 6.54 Å². The van der Waals surface area contributed by atoms with E-state index < -0.39 is 0 Å². The van der Waals surface area contributed by atoms with E-state index in [-0.39, 0.29) is 6.04 Å². The number of hydrogen-bond acceptors (Lipinski definition) is 3. The van der Waals surface area contributed by atoms with E-state index in [0.29, 0.717) is 10.9 Å². The lowest BCUT2D eigenvalue weighted by atomic mass is 10.1. The van der Waals surface area contributed by atoms with Gasteiger partial charge in [-0.1, -0.05) is 24.6 Å². The van der Waals surface area contributed by atoms with Crippen LogP contribution in [0.1, 0.15) is 37.4 Å². The maximum absolute atomic E-state index is 5.99. The quantitative estimate of drug-likeness (QED) is 0.824. The first-order valence-corrected chi connectivity index (χ1v) is 7.62. The summed E-state index contributed by atoms with van der Waals surface area (Å²) in [5, 5.41) is 4.16. The third-order valence-corrected chi connectivity index (χ3v) is 3.55. The van der Waals surface area contributed by atoms with Crippen LogP contribution in [0.3, 0.4) is 0 Å². The van der Waals surface area contributed by atoms with Gasteiger partial charge in [0, 0.05) is 22.8 Å². The van der Waals surface area contributed by atoms with Gasteiger partial charge >= 0.3 is 0 Å². The zero-order chi connectivity index (χ0) is 15.2. The Morgan fingerprint density at radius 1 is 1.33 bits per heavy atom. The lowest BCUT2D eigenvalue weighted by molar-refractivity contribution is 0.439. The molecule has 0 aliphatic heterocycles. The molecule has 2 rings (SSSR count). The minimum atomic E-state index is 0.196. The van der Waals surface area contributed by atoms with Crippen LogP contribution in [0.25, 0.3) is 0 Å². The molecule has 1 aromatic heterocycles. The van der Waals surface area contributed by atoms with Gasteiger partial charge in [-0.2, -0.15) is 0 Å². The molecule has 1 heterocycles. The number of rotatable bonds is 6. The van der Waals surface area contributed by atoms with Crippen LogP contribution < -0.4 is 10.1 Å². The van der Waals surface area contributed by atoms with Crippen molar-refractivity contribution >= 4 is 11.6 Å². The molecule has 1 atom stereocenters. The normalized spacial score (nSPS) is 12.2. The zero-order valence-electron chi connectivity index (χ0n) is 12.7. The third-order valence-electron chi connectivity index (χ3n) is 3.31. The van der Waals surface area contributed by atoms with Gasteiger partial charge in [0.05, 0.1) is 0 Å². The van der Waals surface area contributed by atoms with Crippen molar-refractivity contribution in [3.05, 3.63) is 52.7 Å². The van der Waals surface area contributed by atoms with E-state index in [9.17, 15) is 0 Å². The number of aryl methyl sites for hydroxylation is 1. The summed E-state index contributed by atoms with van der Waals surface area (Å²) in [6.07, 6.45) is 2.84. The summed E-state index contributed by atoms with van der Waals surface area (Å²) >= 11 is 5.98. The second kappa shape index (κ2) is 7.43. The number of nitrogens with one attached hydrogen (secondary N) is 1. The maximum atomic E-state index is 5.99. The first-order valence-electron chi connectivity index (χ1n) is 7.24. The van der Waals surface area contributed by atoms with Gasteiger partial charge in [0.25, 0.3) is 0 Å². The molecule has 3 nitrogen and oxygen atoms in total. The van der Waals surface area contributed by atoms with Crippen LogP contribution in [0.4, 0.5) is 0 Å². The highest BCUT2D eigenvalue weighted by Gasteiger charge is 2.13. The molecular formula is C17H21ClN2O. The number of aromatic nitrogens is 1. The Morgan fingerprint density at radius 2 is 2.14 bits per heavy atom. The maximum Gasteiger partial charge on any atom is 0.223 e. The van der Waals surface area contributed by atoms with Crippen molar-refractivity contribution < 1.29 is 4.74 Å².